The third-order valence-corrected chi connectivity index (χ3v) is 3.07. The van der Waals surface area contributed by atoms with Gasteiger partial charge in [0.2, 0.25) is 0 Å². The number of carbonyl (C=O) groups is 2. The van der Waals surface area contributed by atoms with E-state index in [9.17, 15) is 26.4 Å². The fourth-order valence-electron chi connectivity index (χ4n) is 0.628. The molecule has 10 nitrogen and oxygen atoms in total. The van der Waals surface area contributed by atoms with Crippen molar-refractivity contribution in [2.45, 2.75) is 11.7 Å². The summed E-state index contributed by atoms with van der Waals surface area (Å²) >= 11 is 0. The molecule has 0 aromatic rings. The first kappa shape index (κ1) is 19.8. The zero-order chi connectivity index (χ0) is 15.9. The average molecular weight is 320 g/mol. The first-order valence-electron chi connectivity index (χ1n) is 4.28. The van der Waals surface area contributed by atoms with Crippen molar-refractivity contribution in [3.05, 3.63) is 12.7 Å². The molecule has 0 aliphatic rings. The van der Waals surface area contributed by atoms with Crippen LogP contribution in [0.4, 0.5) is 0 Å². The minimum absolute atomic E-state index is 0.368. The average Bonchev–Trinajstić information content (AvgIpc) is 2.10. The van der Waals surface area contributed by atoms with Crippen LogP contribution in [0.5, 0.6) is 0 Å². The minimum Gasteiger partial charge on any atom is -0.481 e. The van der Waals surface area contributed by atoms with E-state index in [4.69, 9.17) is 19.3 Å². The standard InChI is InChI=1S/C4H6O7S.C3H6O3S/c5-3(6)1-2(4(7)8)12(9,10)11;1-2-3-7(4,5)6/h2H,1H2,(H,5,6)(H,7,8)(H,9,10,11);2H,1,3H2,(H,4,5,6). The van der Waals surface area contributed by atoms with Gasteiger partial charge in [0.1, 0.15) is 0 Å². The van der Waals surface area contributed by atoms with Gasteiger partial charge in [-0.15, -0.1) is 6.58 Å². The van der Waals surface area contributed by atoms with Gasteiger partial charge in [-0.25, -0.2) is 0 Å². The van der Waals surface area contributed by atoms with Gasteiger partial charge in [-0.1, -0.05) is 6.08 Å². The van der Waals surface area contributed by atoms with Crippen molar-refractivity contribution >= 4 is 32.2 Å². The highest BCUT2D eigenvalue weighted by atomic mass is 32.2. The lowest BCUT2D eigenvalue weighted by Gasteiger charge is -2.04. The Bertz CT molecular complexity index is 528. The molecule has 112 valence electrons. The van der Waals surface area contributed by atoms with Crippen molar-refractivity contribution in [3.63, 3.8) is 0 Å². The van der Waals surface area contributed by atoms with Gasteiger partial charge in [0.05, 0.1) is 12.2 Å². The van der Waals surface area contributed by atoms with Crippen molar-refractivity contribution in [1.82, 2.24) is 0 Å². The van der Waals surface area contributed by atoms with E-state index in [1.807, 2.05) is 0 Å². The number of rotatable bonds is 6. The molecule has 12 heteroatoms. The van der Waals surface area contributed by atoms with E-state index in [0.717, 1.165) is 6.08 Å². The maximum atomic E-state index is 10.2. The second-order valence-corrected chi connectivity index (χ2v) is 6.07. The lowest BCUT2D eigenvalue weighted by Crippen LogP contribution is -2.31. The lowest BCUT2D eigenvalue weighted by atomic mass is 10.3. The van der Waals surface area contributed by atoms with E-state index in [1.54, 1.807) is 0 Å². The first-order valence-corrected chi connectivity index (χ1v) is 7.39. The Morgan fingerprint density at radius 3 is 1.58 bits per heavy atom. The molecule has 0 bridgehead atoms. The number of carboxylic acids is 2. The number of aliphatic carboxylic acids is 2. The Morgan fingerprint density at radius 2 is 1.53 bits per heavy atom. The van der Waals surface area contributed by atoms with Crippen LogP contribution in [0.15, 0.2) is 12.7 Å². The van der Waals surface area contributed by atoms with E-state index >= 15 is 0 Å². The first-order chi connectivity index (χ1) is 8.31. The summed E-state index contributed by atoms with van der Waals surface area (Å²) in [6, 6.07) is 0. The molecule has 0 saturated heterocycles. The van der Waals surface area contributed by atoms with Gasteiger partial charge in [0, 0.05) is 0 Å². The van der Waals surface area contributed by atoms with Gasteiger partial charge >= 0.3 is 11.9 Å². The van der Waals surface area contributed by atoms with Gasteiger partial charge in [-0.05, 0) is 0 Å². The molecule has 0 radical (unpaired) electrons. The van der Waals surface area contributed by atoms with Crippen molar-refractivity contribution in [3.8, 4) is 0 Å². The molecule has 0 fully saturated rings. The van der Waals surface area contributed by atoms with E-state index in [-0.39, 0.29) is 5.75 Å². The molecule has 0 rings (SSSR count). The van der Waals surface area contributed by atoms with Gasteiger partial charge in [-0.2, -0.15) is 16.8 Å². The maximum absolute atomic E-state index is 10.2. The Hall–Kier alpha value is -1.50. The number of hydrogen-bond donors (Lipinski definition) is 4. The molecule has 1 unspecified atom stereocenters. The van der Waals surface area contributed by atoms with Gasteiger partial charge < -0.3 is 10.2 Å². The Balaban J connectivity index is 0. The molecule has 0 spiro atoms. The lowest BCUT2D eigenvalue weighted by molar-refractivity contribution is -0.143. The quantitative estimate of drug-likeness (QED) is 0.344. The van der Waals surface area contributed by atoms with Crippen LogP contribution in [-0.4, -0.2) is 59.1 Å². The number of hydrogen-bond acceptors (Lipinski definition) is 6. The largest absolute Gasteiger partial charge is 0.481 e. The highest BCUT2D eigenvalue weighted by molar-refractivity contribution is 7.87. The van der Waals surface area contributed by atoms with Crippen LogP contribution in [0.2, 0.25) is 0 Å². The second-order valence-electron chi connectivity index (χ2n) is 2.98. The predicted molar refractivity (Wildman–Crippen MR) is 61.8 cm³/mol. The van der Waals surface area contributed by atoms with Crippen LogP contribution in [-0.2, 0) is 29.8 Å². The summed E-state index contributed by atoms with van der Waals surface area (Å²) in [5.41, 5.74) is 0. The predicted octanol–water partition coefficient (Wildman–Crippen LogP) is -1.14. The summed E-state index contributed by atoms with van der Waals surface area (Å²) in [5.74, 6) is -3.87. The molecular weight excluding hydrogens is 308 g/mol. The molecule has 0 saturated carbocycles. The van der Waals surface area contributed by atoms with Crippen LogP contribution >= 0.6 is 0 Å². The smallest absolute Gasteiger partial charge is 0.325 e. The Morgan fingerprint density at radius 1 is 1.11 bits per heavy atom. The molecule has 0 aliphatic heterocycles. The monoisotopic (exact) mass is 320 g/mol. The van der Waals surface area contributed by atoms with Crippen LogP contribution in [0.1, 0.15) is 6.42 Å². The van der Waals surface area contributed by atoms with E-state index in [2.05, 4.69) is 6.58 Å². The van der Waals surface area contributed by atoms with Gasteiger partial charge in [0.25, 0.3) is 20.2 Å². The summed E-state index contributed by atoms with van der Waals surface area (Å²) in [6.07, 6.45) is -0.0382. The third kappa shape index (κ3) is 12.7. The molecule has 0 heterocycles. The highest BCUT2D eigenvalue weighted by Gasteiger charge is 2.33. The minimum atomic E-state index is -4.84. The molecule has 4 N–H and O–H groups in total. The Labute approximate surface area is 108 Å². The fraction of sp³-hybridized carbons (Fsp3) is 0.429. The molecule has 0 aromatic carbocycles. The highest BCUT2D eigenvalue weighted by Crippen LogP contribution is 2.04. The summed E-state index contributed by atoms with van der Waals surface area (Å²) < 4.78 is 56.0. The van der Waals surface area contributed by atoms with Gasteiger partial charge in [-0.3, -0.25) is 18.7 Å². The second kappa shape index (κ2) is 7.83. The maximum Gasteiger partial charge on any atom is 0.325 e. The van der Waals surface area contributed by atoms with Crippen LogP contribution in [0, 0.1) is 0 Å². The van der Waals surface area contributed by atoms with Crippen LogP contribution in [0.25, 0.3) is 0 Å². The zero-order valence-corrected chi connectivity index (χ0v) is 11.0. The summed E-state index contributed by atoms with van der Waals surface area (Å²) in [7, 11) is -8.63. The molecule has 0 aromatic heterocycles. The third-order valence-electron chi connectivity index (χ3n) is 1.32. The SMILES string of the molecule is C=CCS(=O)(=O)O.O=C(O)CC(C(=O)O)S(=O)(=O)O. The molecular formula is C7H12O10S2. The van der Waals surface area contributed by atoms with Crippen LogP contribution < -0.4 is 0 Å². The summed E-state index contributed by atoms with van der Waals surface area (Å²) in [4.78, 5) is 20.0. The van der Waals surface area contributed by atoms with Gasteiger partial charge in [0.15, 0.2) is 5.25 Å². The normalized spacial score (nSPS) is 12.7. The van der Waals surface area contributed by atoms with E-state index in [0.29, 0.717) is 0 Å². The van der Waals surface area contributed by atoms with Crippen molar-refractivity contribution in [2.24, 2.45) is 0 Å². The Kier molecular flexibility index (Phi) is 8.17. The van der Waals surface area contributed by atoms with Crippen molar-refractivity contribution < 1.29 is 45.7 Å². The summed E-state index contributed by atoms with van der Waals surface area (Å²) in [6.45, 7) is 3.11. The topological polar surface area (TPSA) is 183 Å². The number of carboxylic acid groups (broad SMARTS) is 2. The summed E-state index contributed by atoms with van der Waals surface area (Å²) in [5, 5.41) is 13.9. The van der Waals surface area contributed by atoms with E-state index < -0.39 is 43.8 Å². The van der Waals surface area contributed by atoms with E-state index in [1.165, 1.54) is 0 Å². The molecule has 1 atom stereocenters. The fourth-order valence-corrected chi connectivity index (χ4v) is 1.53. The molecule has 0 amide bonds. The van der Waals surface area contributed by atoms with Crippen molar-refractivity contribution in [2.75, 3.05) is 5.75 Å². The molecule has 0 aliphatic carbocycles. The van der Waals surface area contributed by atoms with Crippen molar-refractivity contribution in [1.29, 1.82) is 0 Å². The molecule has 19 heavy (non-hydrogen) atoms. The zero-order valence-electron chi connectivity index (χ0n) is 9.33. The van der Waals surface area contributed by atoms with Crippen LogP contribution in [0.3, 0.4) is 0 Å².